The van der Waals surface area contributed by atoms with Crippen LogP contribution in [0.5, 0.6) is 0 Å². The van der Waals surface area contributed by atoms with Gasteiger partial charge in [-0.3, -0.25) is 4.79 Å². The largest absolute Gasteiger partial charge is 0.293 e. The molecule has 98 valence electrons. The molecule has 5 heteroatoms. The second-order valence-corrected chi connectivity index (χ2v) is 6.91. The van der Waals surface area contributed by atoms with Crippen LogP contribution < -0.4 is 0 Å². The number of benzene rings is 2. The normalized spacial score (nSPS) is 11.2. The highest BCUT2D eigenvalue weighted by Gasteiger charge is 2.20. The molecular formula is C14H11BrO3S. The van der Waals surface area contributed by atoms with Crippen LogP contribution in [0.4, 0.5) is 0 Å². The van der Waals surface area contributed by atoms with Crippen molar-refractivity contribution in [1.82, 2.24) is 0 Å². The second-order valence-electron chi connectivity index (χ2n) is 4.00. The first-order chi connectivity index (χ1) is 8.99. The average molecular weight is 339 g/mol. The lowest BCUT2D eigenvalue weighted by molar-refractivity contribution is 0.102. The minimum absolute atomic E-state index is 0.153. The van der Waals surface area contributed by atoms with E-state index in [1.807, 2.05) is 0 Å². The van der Waals surface area contributed by atoms with Gasteiger partial charge < -0.3 is 0 Å². The topological polar surface area (TPSA) is 51.2 Å². The van der Waals surface area contributed by atoms with E-state index in [4.69, 9.17) is 0 Å². The molecule has 2 rings (SSSR count). The van der Waals surface area contributed by atoms with Gasteiger partial charge in [0.15, 0.2) is 15.6 Å². The number of halogens is 1. The number of carbonyl (C=O) groups is 1. The molecule has 2 aromatic rings. The predicted molar refractivity (Wildman–Crippen MR) is 77.0 cm³/mol. The molecule has 0 radical (unpaired) electrons. The summed E-state index contributed by atoms with van der Waals surface area (Å²) in [5.41, 5.74) is 0.406. The monoisotopic (exact) mass is 338 g/mol. The molecule has 0 aliphatic heterocycles. The van der Waals surface area contributed by atoms with Gasteiger partial charge in [-0.2, -0.15) is 0 Å². The molecule has 0 fully saturated rings. The Hall–Kier alpha value is -1.46. The van der Waals surface area contributed by atoms with Gasteiger partial charge in [-0.05, 0) is 24.3 Å². The Bertz CT molecular complexity index is 676. The number of sulfone groups is 1. The Balaban J connectivity index is 2.23. The van der Waals surface area contributed by atoms with Gasteiger partial charge in [0, 0.05) is 10.0 Å². The van der Waals surface area contributed by atoms with E-state index >= 15 is 0 Å². The zero-order chi connectivity index (χ0) is 13.9. The molecule has 19 heavy (non-hydrogen) atoms. The van der Waals surface area contributed by atoms with E-state index in [1.54, 1.807) is 42.5 Å². The van der Waals surface area contributed by atoms with E-state index in [-0.39, 0.29) is 4.90 Å². The highest BCUT2D eigenvalue weighted by molar-refractivity contribution is 9.10. The number of carbonyl (C=O) groups excluding carboxylic acids is 1. The highest BCUT2D eigenvalue weighted by Crippen LogP contribution is 2.17. The summed E-state index contributed by atoms with van der Waals surface area (Å²) in [5.74, 6) is -0.915. The lowest BCUT2D eigenvalue weighted by atomic mass is 10.2. The Morgan fingerprint density at radius 3 is 2.11 bits per heavy atom. The van der Waals surface area contributed by atoms with Crippen molar-refractivity contribution >= 4 is 31.6 Å². The minimum Gasteiger partial charge on any atom is -0.293 e. The average Bonchev–Trinajstić information content (AvgIpc) is 2.40. The van der Waals surface area contributed by atoms with E-state index in [1.165, 1.54) is 12.1 Å². The molecule has 3 nitrogen and oxygen atoms in total. The van der Waals surface area contributed by atoms with Crippen LogP contribution in [0.1, 0.15) is 10.4 Å². The first-order valence-electron chi connectivity index (χ1n) is 5.55. The van der Waals surface area contributed by atoms with Gasteiger partial charge in [-0.1, -0.05) is 46.3 Å². The van der Waals surface area contributed by atoms with Gasteiger partial charge >= 0.3 is 0 Å². The third-order valence-corrected chi connectivity index (χ3v) is 4.75. The fourth-order valence-corrected chi connectivity index (χ4v) is 3.10. The maximum Gasteiger partial charge on any atom is 0.185 e. The third-order valence-electron chi connectivity index (χ3n) is 2.59. The minimum atomic E-state index is -3.59. The first-order valence-corrected chi connectivity index (χ1v) is 8.00. The summed E-state index contributed by atoms with van der Waals surface area (Å²) in [6, 6.07) is 14.7. The van der Waals surface area contributed by atoms with Crippen molar-refractivity contribution < 1.29 is 13.2 Å². The van der Waals surface area contributed by atoms with Crippen molar-refractivity contribution in [3.8, 4) is 0 Å². The van der Waals surface area contributed by atoms with Gasteiger partial charge in [0.2, 0.25) is 0 Å². The fraction of sp³-hybridized carbons (Fsp3) is 0.0714. The lowest BCUT2D eigenvalue weighted by Crippen LogP contribution is -2.16. The maximum absolute atomic E-state index is 12.1. The van der Waals surface area contributed by atoms with Crippen LogP contribution in [-0.2, 0) is 9.84 Å². The van der Waals surface area contributed by atoms with Gasteiger partial charge in [0.05, 0.1) is 4.90 Å². The standard InChI is InChI=1S/C14H11BrO3S/c15-12-6-8-13(9-7-12)19(17,18)10-14(16)11-4-2-1-3-5-11/h1-9H,10H2. The van der Waals surface area contributed by atoms with E-state index < -0.39 is 21.4 Å². The molecule has 0 bridgehead atoms. The molecule has 0 amide bonds. The molecule has 0 aliphatic rings. The summed E-state index contributed by atoms with van der Waals surface area (Å²) >= 11 is 3.24. The molecule has 0 N–H and O–H groups in total. The van der Waals surface area contributed by atoms with Crippen molar-refractivity contribution in [2.75, 3.05) is 5.75 Å². The molecule has 0 heterocycles. The summed E-state index contributed by atoms with van der Waals surface area (Å²) in [6.45, 7) is 0. The van der Waals surface area contributed by atoms with Crippen molar-refractivity contribution in [2.24, 2.45) is 0 Å². The van der Waals surface area contributed by atoms with Crippen LogP contribution in [0.25, 0.3) is 0 Å². The van der Waals surface area contributed by atoms with Crippen molar-refractivity contribution in [1.29, 1.82) is 0 Å². The van der Waals surface area contributed by atoms with E-state index in [2.05, 4.69) is 15.9 Å². The summed E-state index contributed by atoms with van der Waals surface area (Å²) < 4.78 is 25.0. The molecule has 0 atom stereocenters. The van der Waals surface area contributed by atoms with E-state index in [0.717, 1.165) is 4.47 Å². The van der Waals surface area contributed by atoms with Gasteiger partial charge in [0.25, 0.3) is 0 Å². The fourth-order valence-electron chi connectivity index (χ4n) is 1.61. The number of ketones is 1. The van der Waals surface area contributed by atoms with Crippen LogP contribution in [-0.4, -0.2) is 20.0 Å². The summed E-state index contributed by atoms with van der Waals surface area (Å²) in [6.07, 6.45) is 0. The lowest BCUT2D eigenvalue weighted by Gasteiger charge is -2.04. The molecule has 0 unspecified atom stereocenters. The molecule has 0 saturated carbocycles. The first kappa shape index (κ1) is 14.0. The SMILES string of the molecule is O=C(CS(=O)(=O)c1ccc(Br)cc1)c1ccccc1. The number of hydrogen-bond acceptors (Lipinski definition) is 3. The van der Waals surface area contributed by atoms with E-state index in [9.17, 15) is 13.2 Å². The Kier molecular flexibility index (Phi) is 4.17. The molecular weight excluding hydrogens is 328 g/mol. The third kappa shape index (κ3) is 3.52. The number of Topliss-reactive ketones (excluding diaryl/α,β-unsaturated/α-hetero) is 1. The van der Waals surface area contributed by atoms with Crippen molar-refractivity contribution in [2.45, 2.75) is 4.90 Å². The highest BCUT2D eigenvalue weighted by atomic mass is 79.9. The molecule has 0 aromatic heterocycles. The Labute approximate surface area is 120 Å². The summed E-state index contributed by atoms with van der Waals surface area (Å²) in [4.78, 5) is 12.1. The second kappa shape index (κ2) is 5.67. The van der Waals surface area contributed by atoms with Gasteiger partial charge in [-0.15, -0.1) is 0 Å². The Morgan fingerprint density at radius 2 is 1.53 bits per heavy atom. The van der Waals surface area contributed by atoms with Crippen LogP contribution in [0.2, 0.25) is 0 Å². The van der Waals surface area contributed by atoms with Crippen LogP contribution in [0.3, 0.4) is 0 Å². The van der Waals surface area contributed by atoms with Crippen LogP contribution in [0, 0.1) is 0 Å². The zero-order valence-corrected chi connectivity index (χ0v) is 12.3. The molecule has 0 aliphatic carbocycles. The number of rotatable bonds is 4. The van der Waals surface area contributed by atoms with Crippen LogP contribution >= 0.6 is 15.9 Å². The summed E-state index contributed by atoms with van der Waals surface area (Å²) in [5, 5.41) is 0. The maximum atomic E-state index is 12.1. The molecule has 0 saturated heterocycles. The predicted octanol–water partition coefficient (Wildman–Crippen LogP) is 3.11. The number of hydrogen-bond donors (Lipinski definition) is 0. The summed E-state index contributed by atoms with van der Waals surface area (Å²) in [7, 11) is -3.59. The smallest absolute Gasteiger partial charge is 0.185 e. The van der Waals surface area contributed by atoms with Gasteiger partial charge in [0.1, 0.15) is 5.75 Å². The van der Waals surface area contributed by atoms with Crippen molar-refractivity contribution in [3.63, 3.8) is 0 Å². The zero-order valence-electron chi connectivity index (χ0n) is 9.91. The Morgan fingerprint density at radius 1 is 0.947 bits per heavy atom. The van der Waals surface area contributed by atoms with E-state index in [0.29, 0.717) is 5.56 Å². The van der Waals surface area contributed by atoms with Gasteiger partial charge in [-0.25, -0.2) is 8.42 Å². The van der Waals surface area contributed by atoms with Crippen LogP contribution in [0.15, 0.2) is 64.0 Å². The quantitative estimate of drug-likeness (QED) is 0.805. The van der Waals surface area contributed by atoms with Crippen molar-refractivity contribution in [3.05, 3.63) is 64.6 Å². The molecule has 2 aromatic carbocycles. The molecule has 0 spiro atoms.